The molecule has 4 N–H and O–H groups in total. The Bertz CT molecular complexity index is 3430. The highest BCUT2D eigenvalue weighted by atomic mass is 16.7. The summed E-state index contributed by atoms with van der Waals surface area (Å²) in [6.07, 6.45) is 10.2. The Morgan fingerprint density at radius 3 is 1.90 bits per heavy atom. The number of rotatable bonds is 31. The van der Waals surface area contributed by atoms with E-state index < -0.39 is 85.5 Å². The topological polar surface area (TPSA) is 314 Å². The van der Waals surface area contributed by atoms with Crippen molar-refractivity contribution in [1.82, 2.24) is 15.6 Å². The fourth-order valence-corrected chi connectivity index (χ4v) is 13.8. The van der Waals surface area contributed by atoms with Crippen molar-refractivity contribution in [1.29, 1.82) is 0 Å². The molecule has 4 aliphatic rings. The van der Waals surface area contributed by atoms with Crippen LogP contribution in [0.3, 0.4) is 0 Å². The molecule has 1 saturated carbocycles. The highest BCUT2D eigenvalue weighted by Crippen LogP contribution is 2.48. The van der Waals surface area contributed by atoms with Gasteiger partial charge in [-0.25, -0.2) is 19.4 Å². The van der Waals surface area contributed by atoms with Crippen molar-refractivity contribution < 1.29 is 99.8 Å². The van der Waals surface area contributed by atoms with Crippen LogP contribution in [-0.2, 0) is 86.0 Å². The molecule has 4 fully saturated rings. The van der Waals surface area contributed by atoms with Gasteiger partial charge in [0.25, 0.3) is 5.91 Å². The van der Waals surface area contributed by atoms with Gasteiger partial charge in [0.1, 0.15) is 55.8 Å². The van der Waals surface area contributed by atoms with Crippen molar-refractivity contribution in [3.8, 4) is 23.0 Å². The molecule has 2 aromatic carbocycles. The number of amides is 2. The first-order valence-electron chi connectivity index (χ1n) is 36.3. The van der Waals surface area contributed by atoms with Gasteiger partial charge >= 0.3 is 47.4 Å². The number of pyridine rings is 2. The maximum absolute atomic E-state index is 14.7. The van der Waals surface area contributed by atoms with Crippen LogP contribution in [0.15, 0.2) is 79.1 Å². The predicted octanol–water partition coefficient (Wildman–Crippen LogP) is 9.15. The molecule has 25 nitrogen and oxygen atoms in total. The van der Waals surface area contributed by atoms with E-state index in [-0.39, 0.29) is 114 Å². The van der Waals surface area contributed by atoms with Crippen molar-refractivity contribution in [3.05, 3.63) is 107 Å². The average molecular weight is 1420 g/mol. The van der Waals surface area contributed by atoms with E-state index in [4.69, 9.17) is 62.6 Å². The maximum Gasteiger partial charge on any atom is 0.334 e. The molecule has 558 valence electrons. The minimum atomic E-state index is -1.12. The Labute approximate surface area is 598 Å². The molecular weight excluding hydrogens is 1310 g/mol. The van der Waals surface area contributed by atoms with Gasteiger partial charge in [-0.3, -0.25) is 24.0 Å². The number of nitrogens with one attached hydrogen (secondary N) is 2. The molecule has 25 heteroatoms. The summed E-state index contributed by atoms with van der Waals surface area (Å²) in [7, 11) is 2.69. The Balaban J connectivity index is 0.857. The monoisotopic (exact) mass is 1420 g/mol. The van der Waals surface area contributed by atoms with Crippen LogP contribution in [0.5, 0.6) is 23.0 Å². The minimum absolute atomic E-state index is 0.0321. The van der Waals surface area contributed by atoms with Gasteiger partial charge in [-0.15, -0.1) is 0 Å². The van der Waals surface area contributed by atoms with Crippen LogP contribution in [-0.4, -0.2) is 155 Å². The van der Waals surface area contributed by atoms with E-state index in [9.17, 15) is 38.4 Å². The molecular formula is C77H106N5O20+. The van der Waals surface area contributed by atoms with E-state index in [1.807, 2.05) is 39.0 Å². The molecule has 0 spiro atoms. The lowest BCUT2D eigenvalue weighted by Gasteiger charge is -2.31. The summed E-state index contributed by atoms with van der Waals surface area (Å²) in [4.78, 5) is 112. The maximum atomic E-state index is 14.7. The minimum Gasteiger partial charge on any atom is -0.493 e. The standard InChI is InChI=1S/C77H105N5O20/c1-11-13-22-55-47(5)99-76(89)60(25-19-28-64(55)102-74(87)46(3)4)80-72(85)68-70(65(91-9)33-35-79-68)97-45-96-67(84)44-93-39-37-82-36-34-66(92-10)71(101-50(8)83)69(82)73(86)81-61-24-18-27-62(94-38-12-2)56(49(7)100-77(61)90)41-52-29-31-53(32-30-52)58-42-54(58)43-95-63-26-17-23-59(78)75(88)98-48(6)57(63)40-51-20-15-14-16-21-51/h14-16,20-21,29-36,46-49,54-64H,11-13,17-19,22-28,37-45,78H2,1-10H3,(H-,80,81,85,86)/p+1. The van der Waals surface area contributed by atoms with Gasteiger partial charge in [-0.05, 0) is 139 Å². The summed E-state index contributed by atoms with van der Waals surface area (Å²) in [6.45, 7) is 13.9. The Morgan fingerprint density at radius 2 is 1.27 bits per heavy atom. The first-order chi connectivity index (χ1) is 49.1. The van der Waals surface area contributed by atoms with E-state index in [1.54, 1.807) is 20.8 Å². The van der Waals surface area contributed by atoms with Gasteiger partial charge in [0.2, 0.25) is 12.5 Å². The molecule has 3 aliphatic heterocycles. The summed E-state index contributed by atoms with van der Waals surface area (Å²) in [5.41, 5.74) is 9.20. The number of nitrogens with zero attached hydrogens (tertiary/aromatic N) is 2. The van der Waals surface area contributed by atoms with Crippen LogP contribution in [0.4, 0.5) is 0 Å². The van der Waals surface area contributed by atoms with Crippen molar-refractivity contribution in [2.75, 3.05) is 47.4 Å². The summed E-state index contributed by atoms with van der Waals surface area (Å²) >= 11 is 0. The van der Waals surface area contributed by atoms with Crippen molar-refractivity contribution >= 4 is 47.6 Å². The van der Waals surface area contributed by atoms with Gasteiger partial charge in [0.15, 0.2) is 35.7 Å². The lowest BCUT2D eigenvalue weighted by molar-refractivity contribution is -0.700. The summed E-state index contributed by atoms with van der Waals surface area (Å²) in [5, 5.41) is 5.59. The average Bonchev–Trinajstić information content (AvgIpc) is 1.80. The highest BCUT2D eigenvalue weighted by molar-refractivity contribution is 5.98. The number of hydrogen-bond acceptors (Lipinski definition) is 22. The smallest absolute Gasteiger partial charge is 0.334 e. The molecule has 0 radical (unpaired) electrons. The quantitative estimate of drug-likeness (QED) is 0.0139. The number of benzene rings is 2. The Morgan fingerprint density at radius 1 is 0.676 bits per heavy atom. The molecule has 2 amide bonds. The third-order valence-corrected chi connectivity index (χ3v) is 19.6. The van der Waals surface area contributed by atoms with Crippen LogP contribution in [0.25, 0.3) is 0 Å². The first kappa shape index (κ1) is 79.4. The third kappa shape index (κ3) is 22.6. The zero-order chi connectivity index (χ0) is 73.4. The molecule has 4 aromatic rings. The number of carbonyl (C=O) groups excluding carboxylic acids is 8. The number of methoxy groups -OCH3 is 2. The molecule has 5 heterocycles. The van der Waals surface area contributed by atoms with Gasteiger partial charge in [0, 0.05) is 49.6 Å². The molecule has 2 aromatic heterocycles. The second-order valence-electron chi connectivity index (χ2n) is 27.5. The number of aromatic nitrogens is 2. The Hall–Kier alpha value is -8.26. The fourth-order valence-electron chi connectivity index (χ4n) is 13.8. The van der Waals surface area contributed by atoms with Crippen LogP contribution < -0.4 is 39.9 Å². The van der Waals surface area contributed by atoms with Crippen molar-refractivity contribution in [2.45, 2.75) is 225 Å². The number of cyclic esters (lactones) is 3. The SMILES string of the molecule is CCCCC1C(C)OC(=O)C(NC(=O)c2nccc(OC)c2OCOC(=O)COCC[n+]2ccc(OC)c(OC(C)=O)c2C(=O)NC2CCCC(OCCC)C(Cc3ccc(C4CC4COC4CCCC(N)C(=O)OC(C)C4Cc4ccccc4)cc3)C(C)OC2=O)CCCC1OC(=O)C(C)C. The zero-order valence-electron chi connectivity index (χ0n) is 60.9. The van der Waals surface area contributed by atoms with Crippen LogP contribution in [0.1, 0.15) is 189 Å². The van der Waals surface area contributed by atoms with E-state index in [0.29, 0.717) is 70.0 Å². The molecule has 8 rings (SSSR count). The fraction of sp³-hybridized carbons (Fsp3) is 0.610. The van der Waals surface area contributed by atoms with E-state index in [0.717, 1.165) is 56.1 Å². The zero-order valence-corrected chi connectivity index (χ0v) is 60.9. The first-order valence-corrected chi connectivity index (χ1v) is 36.3. The molecule has 3 saturated heterocycles. The predicted molar refractivity (Wildman–Crippen MR) is 372 cm³/mol. The largest absolute Gasteiger partial charge is 0.493 e. The Kier molecular flexibility index (Phi) is 30.7. The molecule has 102 heavy (non-hydrogen) atoms. The number of ether oxygens (including phenoxy) is 12. The van der Waals surface area contributed by atoms with E-state index in [2.05, 4.69) is 58.9 Å². The lowest BCUT2D eigenvalue weighted by atomic mass is 9.86. The molecule has 14 unspecified atom stereocenters. The third-order valence-electron chi connectivity index (χ3n) is 19.6. The number of carbonyl (C=O) groups is 8. The number of hydrogen-bond donors (Lipinski definition) is 3. The van der Waals surface area contributed by atoms with Gasteiger partial charge in [-0.2, -0.15) is 4.57 Å². The number of unbranched alkanes of at least 4 members (excludes halogenated alkanes) is 1. The van der Waals surface area contributed by atoms with Gasteiger partial charge < -0.3 is 73.2 Å². The second kappa shape index (κ2) is 39.4. The molecule has 0 bridgehead atoms. The number of esters is 6. The van der Waals surface area contributed by atoms with E-state index >= 15 is 0 Å². The van der Waals surface area contributed by atoms with Crippen molar-refractivity contribution in [3.63, 3.8) is 0 Å². The van der Waals surface area contributed by atoms with Crippen molar-refractivity contribution in [2.24, 2.45) is 35.3 Å². The molecule has 1 aliphatic carbocycles. The summed E-state index contributed by atoms with van der Waals surface area (Å²) in [6, 6.07) is 18.9. The van der Waals surface area contributed by atoms with Crippen LogP contribution >= 0.6 is 0 Å². The van der Waals surface area contributed by atoms with Gasteiger partial charge in [0.05, 0.1) is 39.0 Å². The van der Waals surface area contributed by atoms with E-state index in [1.165, 1.54) is 55.8 Å². The summed E-state index contributed by atoms with van der Waals surface area (Å²) in [5.74, 6) is -5.66. The van der Waals surface area contributed by atoms with Gasteiger partial charge in [-0.1, -0.05) is 95.1 Å². The number of nitrogens with two attached hydrogens (primary N) is 1. The normalized spacial score (nSPS) is 25.6. The van der Waals surface area contributed by atoms with Crippen LogP contribution in [0.2, 0.25) is 0 Å². The second-order valence-corrected chi connectivity index (χ2v) is 27.5. The summed E-state index contributed by atoms with van der Waals surface area (Å²) < 4.78 is 72.3. The van der Waals surface area contributed by atoms with Crippen LogP contribution in [0, 0.1) is 29.6 Å². The molecule has 14 atom stereocenters. The highest BCUT2D eigenvalue weighted by Gasteiger charge is 2.43. The lowest BCUT2D eigenvalue weighted by Crippen LogP contribution is -2.50.